The Hall–Kier alpha value is -2.49. The van der Waals surface area contributed by atoms with Crippen LogP contribution >= 0.6 is 34.5 Å². The van der Waals surface area contributed by atoms with Crippen LogP contribution in [-0.2, 0) is 23.0 Å². The topological polar surface area (TPSA) is 79.4 Å². The van der Waals surface area contributed by atoms with Crippen LogP contribution in [0.2, 0.25) is 10.0 Å². The predicted molar refractivity (Wildman–Crippen MR) is 132 cm³/mol. The molecule has 3 aromatic carbocycles. The first-order chi connectivity index (χ1) is 15.8. The van der Waals surface area contributed by atoms with Crippen LogP contribution in [0.15, 0.2) is 65.6 Å². The van der Waals surface area contributed by atoms with Gasteiger partial charge >= 0.3 is 0 Å². The number of fused-ring (bicyclic) bond motifs is 2. The Labute approximate surface area is 204 Å². The van der Waals surface area contributed by atoms with Gasteiger partial charge in [0.05, 0.1) is 19.6 Å². The number of hydrogen-bond acceptors (Lipinski definition) is 5. The van der Waals surface area contributed by atoms with Crippen LogP contribution < -0.4 is 5.32 Å². The second-order valence-electron chi connectivity index (χ2n) is 7.56. The lowest BCUT2D eigenvalue weighted by Gasteiger charge is -2.28. The van der Waals surface area contributed by atoms with Gasteiger partial charge in [-0.15, -0.1) is 0 Å². The fourth-order valence-electron chi connectivity index (χ4n) is 3.77. The Bertz CT molecular complexity index is 1450. The van der Waals surface area contributed by atoms with E-state index in [1.165, 1.54) is 45.5 Å². The number of sulfonamides is 1. The minimum Gasteiger partial charge on any atom is -0.298 e. The summed E-state index contributed by atoms with van der Waals surface area (Å²) in [6, 6.07) is 17.1. The zero-order valence-corrected chi connectivity index (χ0v) is 20.2. The van der Waals surface area contributed by atoms with E-state index < -0.39 is 15.9 Å². The van der Waals surface area contributed by atoms with E-state index in [9.17, 15) is 13.2 Å². The zero-order chi connectivity index (χ0) is 23.2. The number of halogens is 2. The molecule has 0 bridgehead atoms. The molecule has 0 fully saturated rings. The predicted octanol–water partition coefficient (Wildman–Crippen LogP) is 5.60. The fraction of sp³-hybridized carbons (Fsp3) is 0.130. The quantitative estimate of drug-likeness (QED) is 0.381. The van der Waals surface area contributed by atoms with E-state index in [4.69, 9.17) is 23.2 Å². The standard InChI is InChI=1S/C23H17Cl2N3O3S2/c24-18-9-10-19(25)21-20(18)26-23(32-21)27-22(29)15-5-7-17(8-6-15)33(30,31)28-12-11-14-3-1-2-4-16(14)13-28/h1-10H,11-13H2,(H,26,27,29). The van der Waals surface area contributed by atoms with Gasteiger partial charge in [-0.05, 0) is 53.9 Å². The molecule has 1 aliphatic heterocycles. The van der Waals surface area contributed by atoms with Crippen LogP contribution in [0.4, 0.5) is 5.13 Å². The van der Waals surface area contributed by atoms with Gasteiger partial charge in [0, 0.05) is 18.7 Å². The van der Waals surface area contributed by atoms with Crippen molar-refractivity contribution in [3.63, 3.8) is 0 Å². The minimum atomic E-state index is -3.67. The van der Waals surface area contributed by atoms with Crippen LogP contribution in [0.3, 0.4) is 0 Å². The number of anilines is 1. The molecule has 6 nitrogen and oxygen atoms in total. The van der Waals surface area contributed by atoms with Gasteiger partial charge in [-0.3, -0.25) is 10.1 Å². The Morgan fingerprint density at radius 1 is 0.970 bits per heavy atom. The molecule has 2 heterocycles. The number of thiazole rings is 1. The summed E-state index contributed by atoms with van der Waals surface area (Å²) in [7, 11) is -3.67. The van der Waals surface area contributed by atoms with Gasteiger partial charge in [0.25, 0.3) is 5.91 Å². The number of carbonyl (C=O) groups excluding carboxylic acids is 1. The summed E-state index contributed by atoms with van der Waals surface area (Å²) in [5.74, 6) is -0.405. The molecule has 0 saturated heterocycles. The summed E-state index contributed by atoms with van der Waals surface area (Å²) in [6.45, 7) is 0.758. The fourth-order valence-corrected chi connectivity index (χ4v) is 6.60. The van der Waals surface area contributed by atoms with Gasteiger partial charge in [0.1, 0.15) is 5.52 Å². The van der Waals surface area contributed by atoms with Gasteiger partial charge in [0.2, 0.25) is 10.0 Å². The number of rotatable bonds is 4. The van der Waals surface area contributed by atoms with Crippen molar-refractivity contribution in [1.82, 2.24) is 9.29 Å². The van der Waals surface area contributed by atoms with Gasteiger partial charge in [-0.2, -0.15) is 4.31 Å². The molecule has 0 spiro atoms. The average molecular weight is 518 g/mol. The van der Waals surface area contributed by atoms with Gasteiger partial charge < -0.3 is 0 Å². The Morgan fingerprint density at radius 2 is 1.67 bits per heavy atom. The first-order valence-electron chi connectivity index (χ1n) is 10.1. The normalized spacial score (nSPS) is 14.2. The van der Waals surface area contributed by atoms with E-state index in [0.717, 1.165) is 5.56 Å². The van der Waals surface area contributed by atoms with Crippen LogP contribution in [0, 0.1) is 0 Å². The maximum absolute atomic E-state index is 13.1. The second-order valence-corrected chi connectivity index (χ2v) is 11.3. The number of amides is 1. The molecule has 1 aromatic heterocycles. The third kappa shape index (κ3) is 4.25. The average Bonchev–Trinajstić information content (AvgIpc) is 3.26. The van der Waals surface area contributed by atoms with Gasteiger partial charge in [-0.25, -0.2) is 13.4 Å². The SMILES string of the molecule is O=C(Nc1nc2c(Cl)ccc(Cl)c2s1)c1ccc(S(=O)(=O)N2CCc3ccccc3C2)cc1. The molecule has 168 valence electrons. The second kappa shape index (κ2) is 8.70. The van der Waals surface area contributed by atoms with Gasteiger partial charge in [-0.1, -0.05) is 58.8 Å². The summed E-state index contributed by atoms with van der Waals surface area (Å²) in [5, 5.41) is 4.03. The smallest absolute Gasteiger partial charge is 0.257 e. The molecule has 10 heteroatoms. The highest BCUT2D eigenvalue weighted by Gasteiger charge is 2.28. The van der Waals surface area contributed by atoms with Crippen molar-refractivity contribution < 1.29 is 13.2 Å². The third-order valence-electron chi connectivity index (χ3n) is 5.52. The van der Waals surface area contributed by atoms with Crippen LogP contribution in [0.25, 0.3) is 10.2 Å². The number of hydrogen-bond donors (Lipinski definition) is 1. The van der Waals surface area contributed by atoms with Crippen molar-refractivity contribution in [2.45, 2.75) is 17.9 Å². The van der Waals surface area contributed by atoms with E-state index in [2.05, 4.69) is 10.3 Å². The Morgan fingerprint density at radius 3 is 2.39 bits per heavy atom. The number of benzene rings is 3. The van der Waals surface area contributed by atoms with E-state index in [0.29, 0.717) is 50.5 Å². The minimum absolute atomic E-state index is 0.150. The van der Waals surface area contributed by atoms with Crippen LogP contribution in [-0.4, -0.2) is 30.2 Å². The highest BCUT2D eigenvalue weighted by molar-refractivity contribution is 7.89. The largest absolute Gasteiger partial charge is 0.298 e. The summed E-state index contributed by atoms with van der Waals surface area (Å²) < 4.78 is 28.4. The highest BCUT2D eigenvalue weighted by Crippen LogP contribution is 2.36. The lowest BCUT2D eigenvalue weighted by Crippen LogP contribution is -2.35. The number of nitrogens with one attached hydrogen (secondary N) is 1. The molecule has 1 aliphatic rings. The van der Waals surface area contributed by atoms with E-state index >= 15 is 0 Å². The number of aromatic nitrogens is 1. The molecule has 1 N–H and O–H groups in total. The summed E-state index contributed by atoms with van der Waals surface area (Å²) in [5.41, 5.74) is 3.02. The first-order valence-corrected chi connectivity index (χ1v) is 13.1. The van der Waals surface area contributed by atoms with Crippen molar-refractivity contribution in [3.05, 3.63) is 87.4 Å². The number of carbonyl (C=O) groups is 1. The molecule has 0 atom stereocenters. The molecular formula is C23H17Cl2N3O3S2. The summed E-state index contributed by atoms with van der Waals surface area (Å²) in [6.07, 6.45) is 0.673. The maximum atomic E-state index is 13.1. The van der Waals surface area contributed by atoms with Crippen molar-refractivity contribution >= 4 is 65.8 Å². The molecule has 33 heavy (non-hydrogen) atoms. The molecule has 0 saturated carbocycles. The van der Waals surface area contributed by atoms with E-state index in [1.807, 2.05) is 24.3 Å². The Kier molecular flexibility index (Phi) is 5.88. The highest BCUT2D eigenvalue weighted by atomic mass is 35.5. The zero-order valence-electron chi connectivity index (χ0n) is 17.1. The molecule has 0 aliphatic carbocycles. The lowest BCUT2D eigenvalue weighted by atomic mass is 10.0. The maximum Gasteiger partial charge on any atom is 0.257 e. The number of nitrogens with zero attached hydrogens (tertiary/aromatic N) is 2. The third-order valence-corrected chi connectivity index (χ3v) is 9.11. The van der Waals surface area contributed by atoms with Crippen LogP contribution in [0.1, 0.15) is 21.5 Å². The van der Waals surface area contributed by atoms with Crippen molar-refractivity contribution in [1.29, 1.82) is 0 Å². The van der Waals surface area contributed by atoms with Crippen LogP contribution in [0.5, 0.6) is 0 Å². The monoisotopic (exact) mass is 517 g/mol. The molecular weight excluding hydrogens is 501 g/mol. The molecule has 1 amide bonds. The lowest BCUT2D eigenvalue weighted by molar-refractivity contribution is 0.102. The molecule has 0 radical (unpaired) electrons. The van der Waals surface area contributed by atoms with E-state index in [-0.39, 0.29) is 4.90 Å². The molecule has 5 rings (SSSR count). The van der Waals surface area contributed by atoms with Crippen molar-refractivity contribution in [2.75, 3.05) is 11.9 Å². The van der Waals surface area contributed by atoms with Gasteiger partial charge in [0.15, 0.2) is 5.13 Å². The summed E-state index contributed by atoms with van der Waals surface area (Å²) >= 11 is 13.6. The first kappa shape index (κ1) is 22.3. The summed E-state index contributed by atoms with van der Waals surface area (Å²) in [4.78, 5) is 17.2. The van der Waals surface area contributed by atoms with Crippen molar-refractivity contribution in [2.24, 2.45) is 0 Å². The van der Waals surface area contributed by atoms with Crippen molar-refractivity contribution in [3.8, 4) is 0 Å². The van der Waals surface area contributed by atoms with E-state index in [1.54, 1.807) is 12.1 Å². The molecule has 0 unspecified atom stereocenters. The molecule has 4 aromatic rings. The Balaban J connectivity index is 1.33.